The average molecular weight is 327 g/mol. The van der Waals surface area contributed by atoms with Crippen molar-refractivity contribution in [1.82, 2.24) is 15.0 Å². The summed E-state index contributed by atoms with van der Waals surface area (Å²) in [6, 6.07) is 3.92. The Labute approximate surface area is 141 Å². The fourth-order valence-corrected chi connectivity index (χ4v) is 2.53. The first-order valence-electron chi connectivity index (χ1n) is 7.96. The van der Waals surface area contributed by atoms with Crippen molar-refractivity contribution in [2.75, 3.05) is 0 Å². The van der Waals surface area contributed by atoms with Crippen LogP contribution in [0.2, 0.25) is 6.82 Å². The first-order valence-corrected chi connectivity index (χ1v) is 7.96. The summed E-state index contributed by atoms with van der Waals surface area (Å²) in [6.07, 6.45) is 4.80. The van der Waals surface area contributed by atoms with Gasteiger partial charge in [0.2, 0.25) is 0 Å². The second kappa shape index (κ2) is 5.75. The SMILES string of the molecule is CB(OC(C)(C)C(C)(C)O)c1ccnc2[nH]c(-c3cnco3)cc12. The van der Waals surface area contributed by atoms with Gasteiger partial charge in [0.15, 0.2) is 12.2 Å². The zero-order chi connectivity index (χ0) is 17.5. The molecule has 3 aromatic heterocycles. The molecule has 0 spiro atoms. The van der Waals surface area contributed by atoms with E-state index in [1.807, 2.05) is 32.8 Å². The zero-order valence-corrected chi connectivity index (χ0v) is 14.6. The lowest BCUT2D eigenvalue weighted by Gasteiger charge is -2.39. The minimum Gasteiger partial charge on any atom is -0.442 e. The molecule has 0 aliphatic carbocycles. The van der Waals surface area contributed by atoms with Gasteiger partial charge >= 0.3 is 6.92 Å². The van der Waals surface area contributed by atoms with E-state index in [9.17, 15) is 5.11 Å². The molecule has 0 atom stereocenters. The van der Waals surface area contributed by atoms with Crippen molar-refractivity contribution >= 4 is 23.4 Å². The van der Waals surface area contributed by atoms with Gasteiger partial charge in [-0.1, -0.05) is 6.82 Å². The van der Waals surface area contributed by atoms with Crippen molar-refractivity contribution in [3.63, 3.8) is 0 Å². The van der Waals surface area contributed by atoms with E-state index in [0.29, 0.717) is 5.76 Å². The molecule has 0 saturated heterocycles. The number of nitrogens with one attached hydrogen (secondary N) is 1. The van der Waals surface area contributed by atoms with E-state index >= 15 is 0 Å². The van der Waals surface area contributed by atoms with Crippen LogP contribution in [0.15, 0.2) is 35.3 Å². The van der Waals surface area contributed by atoms with Crippen LogP contribution in [0.25, 0.3) is 22.5 Å². The molecular weight excluding hydrogens is 305 g/mol. The van der Waals surface area contributed by atoms with Gasteiger partial charge in [0.1, 0.15) is 5.65 Å². The maximum absolute atomic E-state index is 10.3. The molecule has 7 heteroatoms. The first kappa shape index (κ1) is 16.7. The van der Waals surface area contributed by atoms with Crippen molar-refractivity contribution in [1.29, 1.82) is 0 Å². The summed E-state index contributed by atoms with van der Waals surface area (Å²) in [5, 5.41) is 11.3. The minimum atomic E-state index is -0.962. The van der Waals surface area contributed by atoms with Crippen LogP contribution in [0.3, 0.4) is 0 Å². The predicted octanol–water partition coefficient (Wildman–Crippen LogP) is 2.61. The standard InChI is InChI=1S/C17H22BN3O3/c1-16(2,22)17(3,4)24-18(5)12-6-7-20-15-11(12)8-13(21-15)14-9-19-10-23-14/h6-10,22H,1-5H3,(H,20,21). The van der Waals surface area contributed by atoms with E-state index in [-0.39, 0.29) is 6.92 Å². The Hall–Kier alpha value is -2.12. The second-order valence-electron chi connectivity index (χ2n) is 7.04. The third kappa shape index (κ3) is 2.97. The first-order chi connectivity index (χ1) is 11.2. The third-order valence-electron chi connectivity index (χ3n) is 4.65. The highest BCUT2D eigenvalue weighted by atomic mass is 16.5. The topological polar surface area (TPSA) is 84.2 Å². The summed E-state index contributed by atoms with van der Waals surface area (Å²) in [4.78, 5) is 11.6. The number of rotatable bonds is 5. The van der Waals surface area contributed by atoms with E-state index < -0.39 is 11.2 Å². The Bertz CT molecular complexity index is 835. The van der Waals surface area contributed by atoms with E-state index in [0.717, 1.165) is 22.2 Å². The molecule has 3 heterocycles. The molecule has 24 heavy (non-hydrogen) atoms. The van der Waals surface area contributed by atoms with Gasteiger partial charge in [0, 0.05) is 11.6 Å². The van der Waals surface area contributed by atoms with Crippen molar-refractivity contribution in [2.45, 2.75) is 45.7 Å². The number of pyridine rings is 1. The molecule has 0 aliphatic heterocycles. The van der Waals surface area contributed by atoms with Crippen molar-refractivity contribution in [3.05, 3.63) is 30.9 Å². The quantitative estimate of drug-likeness (QED) is 0.704. The summed E-state index contributed by atoms with van der Waals surface area (Å²) in [6.45, 7) is 9.04. The smallest absolute Gasteiger partial charge is 0.325 e. The van der Waals surface area contributed by atoms with Crippen LogP contribution in [0.1, 0.15) is 27.7 Å². The average Bonchev–Trinajstić information content (AvgIpc) is 3.13. The maximum Gasteiger partial charge on any atom is 0.325 e. The lowest BCUT2D eigenvalue weighted by molar-refractivity contribution is -0.0917. The number of hydrogen-bond donors (Lipinski definition) is 2. The van der Waals surface area contributed by atoms with E-state index in [1.54, 1.807) is 26.2 Å². The van der Waals surface area contributed by atoms with Gasteiger partial charge in [-0.05, 0) is 45.3 Å². The molecule has 126 valence electrons. The predicted molar refractivity (Wildman–Crippen MR) is 94.3 cm³/mol. The van der Waals surface area contributed by atoms with Gasteiger partial charge in [-0.2, -0.15) is 0 Å². The second-order valence-corrected chi connectivity index (χ2v) is 7.04. The normalized spacial score (nSPS) is 12.8. The van der Waals surface area contributed by atoms with Gasteiger partial charge < -0.3 is 19.2 Å². The number of aliphatic hydroxyl groups is 1. The molecule has 0 aromatic carbocycles. The molecule has 0 amide bonds. The molecule has 3 aromatic rings. The van der Waals surface area contributed by atoms with Crippen LogP contribution in [-0.4, -0.2) is 38.2 Å². The molecular formula is C17H22BN3O3. The highest BCUT2D eigenvalue weighted by molar-refractivity contribution is 6.68. The van der Waals surface area contributed by atoms with Gasteiger partial charge in [-0.15, -0.1) is 0 Å². The number of oxazole rings is 1. The van der Waals surface area contributed by atoms with Crippen LogP contribution in [0.4, 0.5) is 0 Å². The Balaban J connectivity index is 1.97. The van der Waals surface area contributed by atoms with Crippen LogP contribution in [0, 0.1) is 0 Å². The highest BCUT2D eigenvalue weighted by Gasteiger charge is 2.38. The van der Waals surface area contributed by atoms with Crippen LogP contribution < -0.4 is 5.46 Å². The Morgan fingerprint density at radius 1 is 1.29 bits per heavy atom. The van der Waals surface area contributed by atoms with E-state index in [4.69, 9.17) is 9.07 Å². The Kier molecular flexibility index (Phi) is 4.01. The molecule has 0 aliphatic rings. The zero-order valence-electron chi connectivity index (χ0n) is 14.6. The van der Waals surface area contributed by atoms with Crippen LogP contribution in [0.5, 0.6) is 0 Å². The summed E-state index contributed by atoms with van der Waals surface area (Å²) in [5.41, 5.74) is 0.911. The van der Waals surface area contributed by atoms with Crippen LogP contribution >= 0.6 is 0 Å². The summed E-state index contributed by atoms with van der Waals surface area (Å²) in [7, 11) is 0. The molecule has 0 bridgehead atoms. The number of fused-ring (bicyclic) bond motifs is 1. The number of aromatic amines is 1. The van der Waals surface area contributed by atoms with Crippen molar-refractivity contribution < 1.29 is 14.2 Å². The van der Waals surface area contributed by atoms with Gasteiger partial charge in [-0.3, -0.25) is 0 Å². The molecule has 2 N–H and O–H groups in total. The van der Waals surface area contributed by atoms with Crippen LogP contribution in [-0.2, 0) is 4.65 Å². The number of aromatic nitrogens is 3. The monoisotopic (exact) mass is 327 g/mol. The van der Waals surface area contributed by atoms with E-state index in [1.165, 1.54) is 6.39 Å². The van der Waals surface area contributed by atoms with Gasteiger partial charge in [0.05, 0.1) is 23.1 Å². The van der Waals surface area contributed by atoms with Gasteiger partial charge in [0.25, 0.3) is 0 Å². The summed E-state index contributed by atoms with van der Waals surface area (Å²) >= 11 is 0. The van der Waals surface area contributed by atoms with Crippen molar-refractivity contribution in [2.24, 2.45) is 0 Å². The maximum atomic E-state index is 10.3. The highest BCUT2D eigenvalue weighted by Crippen LogP contribution is 2.27. The molecule has 0 saturated carbocycles. The lowest BCUT2D eigenvalue weighted by Crippen LogP contribution is -2.52. The number of hydrogen-bond acceptors (Lipinski definition) is 5. The Morgan fingerprint density at radius 2 is 2.04 bits per heavy atom. The molecule has 0 fully saturated rings. The lowest BCUT2D eigenvalue weighted by atomic mass is 9.61. The fourth-order valence-electron chi connectivity index (χ4n) is 2.53. The largest absolute Gasteiger partial charge is 0.442 e. The molecule has 3 rings (SSSR count). The fraction of sp³-hybridized carbons (Fsp3) is 0.412. The molecule has 0 unspecified atom stereocenters. The number of nitrogens with zero attached hydrogens (tertiary/aromatic N) is 2. The van der Waals surface area contributed by atoms with E-state index in [2.05, 4.69) is 15.0 Å². The summed E-state index contributed by atoms with van der Waals surface area (Å²) in [5.74, 6) is 0.657. The molecule has 6 nitrogen and oxygen atoms in total. The summed E-state index contributed by atoms with van der Waals surface area (Å²) < 4.78 is 11.5. The van der Waals surface area contributed by atoms with Gasteiger partial charge in [-0.25, -0.2) is 9.97 Å². The minimum absolute atomic E-state index is 0.213. The molecule has 0 radical (unpaired) electrons. The third-order valence-corrected chi connectivity index (χ3v) is 4.65. The van der Waals surface area contributed by atoms with Crippen molar-refractivity contribution in [3.8, 4) is 11.5 Å². The number of H-pyrrole nitrogens is 1. The Morgan fingerprint density at radius 3 is 2.67 bits per heavy atom.